The number of carboxylic acid groups (broad SMARTS) is 1. The summed E-state index contributed by atoms with van der Waals surface area (Å²) in [4.78, 5) is 22.2. The molecular formula is C10H13NO5. The summed E-state index contributed by atoms with van der Waals surface area (Å²) in [7, 11) is 0. The lowest BCUT2D eigenvalue weighted by Gasteiger charge is -2.15. The molecule has 2 atom stereocenters. The Kier molecular flexibility index (Phi) is 3.68. The van der Waals surface area contributed by atoms with E-state index in [1.807, 2.05) is 0 Å². The maximum absolute atomic E-state index is 11.5. The van der Waals surface area contributed by atoms with Gasteiger partial charge >= 0.3 is 5.97 Å². The third-order valence-electron chi connectivity index (χ3n) is 2.00. The van der Waals surface area contributed by atoms with Crippen molar-refractivity contribution in [2.24, 2.45) is 0 Å². The minimum atomic E-state index is -1.35. The Morgan fingerprint density at radius 2 is 2.06 bits per heavy atom. The van der Waals surface area contributed by atoms with E-state index in [-0.39, 0.29) is 5.76 Å². The second-order valence-electron chi connectivity index (χ2n) is 3.44. The first-order valence-electron chi connectivity index (χ1n) is 4.70. The minimum absolute atomic E-state index is 0.0180. The molecule has 6 heteroatoms. The number of aryl methyl sites for hydroxylation is 1. The lowest BCUT2D eigenvalue weighted by molar-refractivity contribution is -0.141. The summed E-state index contributed by atoms with van der Waals surface area (Å²) >= 11 is 0. The van der Waals surface area contributed by atoms with Crippen LogP contribution in [-0.4, -0.2) is 34.2 Å². The Bertz CT molecular complexity index is 396. The lowest BCUT2D eigenvalue weighted by atomic mass is 10.2. The van der Waals surface area contributed by atoms with Crippen LogP contribution in [0, 0.1) is 6.92 Å². The summed E-state index contributed by atoms with van der Waals surface area (Å²) < 4.78 is 5.02. The predicted molar refractivity (Wildman–Crippen MR) is 54.0 cm³/mol. The van der Waals surface area contributed by atoms with E-state index in [1.54, 1.807) is 13.0 Å². The van der Waals surface area contributed by atoms with Crippen LogP contribution < -0.4 is 5.32 Å². The van der Waals surface area contributed by atoms with Crippen molar-refractivity contribution in [1.29, 1.82) is 0 Å². The summed E-state index contributed by atoms with van der Waals surface area (Å²) in [6.07, 6.45) is -1.18. The predicted octanol–water partition coefficient (Wildman–Crippen LogP) is 0.152. The maximum atomic E-state index is 11.5. The van der Waals surface area contributed by atoms with E-state index in [0.29, 0.717) is 5.76 Å². The number of carbonyl (C=O) groups excluding carboxylic acids is 1. The highest BCUT2D eigenvalue weighted by molar-refractivity contribution is 5.94. The van der Waals surface area contributed by atoms with Crippen LogP contribution in [0.2, 0.25) is 0 Å². The molecular weight excluding hydrogens is 214 g/mol. The monoisotopic (exact) mass is 227 g/mol. The molecule has 0 aliphatic carbocycles. The molecule has 88 valence electrons. The molecule has 0 unspecified atom stereocenters. The van der Waals surface area contributed by atoms with Gasteiger partial charge in [0.15, 0.2) is 11.8 Å². The fourth-order valence-corrected chi connectivity index (χ4v) is 1.16. The smallest absolute Gasteiger partial charge is 0.328 e. The number of hydrogen-bond acceptors (Lipinski definition) is 4. The molecule has 0 aliphatic heterocycles. The first kappa shape index (κ1) is 12.3. The van der Waals surface area contributed by atoms with Gasteiger partial charge in [0.1, 0.15) is 5.76 Å². The second kappa shape index (κ2) is 4.80. The van der Waals surface area contributed by atoms with Gasteiger partial charge in [-0.25, -0.2) is 4.79 Å². The van der Waals surface area contributed by atoms with E-state index < -0.39 is 24.0 Å². The SMILES string of the molecule is Cc1ccc(C(=O)N[C@H](C(=O)O)[C@@H](C)O)o1. The van der Waals surface area contributed by atoms with Gasteiger partial charge in [0.05, 0.1) is 6.10 Å². The van der Waals surface area contributed by atoms with Crippen LogP contribution in [0.15, 0.2) is 16.5 Å². The Morgan fingerprint density at radius 1 is 1.44 bits per heavy atom. The van der Waals surface area contributed by atoms with Gasteiger partial charge in [-0.05, 0) is 26.0 Å². The number of rotatable bonds is 4. The summed E-state index contributed by atoms with van der Waals surface area (Å²) in [6.45, 7) is 2.95. The quantitative estimate of drug-likeness (QED) is 0.680. The van der Waals surface area contributed by atoms with Crippen LogP contribution in [0.25, 0.3) is 0 Å². The molecule has 1 aromatic heterocycles. The third-order valence-corrected chi connectivity index (χ3v) is 2.00. The van der Waals surface area contributed by atoms with E-state index in [4.69, 9.17) is 14.6 Å². The van der Waals surface area contributed by atoms with Crippen LogP contribution in [0.3, 0.4) is 0 Å². The van der Waals surface area contributed by atoms with Crippen molar-refractivity contribution in [2.75, 3.05) is 0 Å². The Morgan fingerprint density at radius 3 is 2.44 bits per heavy atom. The molecule has 0 aromatic carbocycles. The van der Waals surface area contributed by atoms with Gasteiger partial charge in [0.2, 0.25) is 0 Å². The van der Waals surface area contributed by atoms with E-state index >= 15 is 0 Å². The highest BCUT2D eigenvalue weighted by Crippen LogP contribution is 2.06. The number of nitrogens with one attached hydrogen (secondary N) is 1. The van der Waals surface area contributed by atoms with Gasteiger partial charge in [0.25, 0.3) is 5.91 Å². The van der Waals surface area contributed by atoms with Gasteiger partial charge in [-0.2, -0.15) is 0 Å². The largest absolute Gasteiger partial charge is 0.480 e. The van der Waals surface area contributed by atoms with Crippen LogP contribution in [0.1, 0.15) is 23.2 Å². The number of aliphatic hydroxyl groups excluding tert-OH is 1. The van der Waals surface area contributed by atoms with Gasteiger partial charge in [-0.1, -0.05) is 0 Å². The van der Waals surface area contributed by atoms with Crippen molar-refractivity contribution in [3.63, 3.8) is 0 Å². The highest BCUT2D eigenvalue weighted by atomic mass is 16.4. The fraction of sp³-hybridized carbons (Fsp3) is 0.400. The van der Waals surface area contributed by atoms with Crippen LogP contribution in [0.4, 0.5) is 0 Å². The molecule has 1 rings (SSSR count). The molecule has 0 spiro atoms. The molecule has 0 saturated heterocycles. The summed E-state index contributed by atoms with van der Waals surface area (Å²) in [5.74, 6) is -1.40. The first-order chi connectivity index (χ1) is 7.41. The molecule has 0 fully saturated rings. The van der Waals surface area contributed by atoms with Gasteiger partial charge < -0.3 is 19.9 Å². The minimum Gasteiger partial charge on any atom is -0.480 e. The summed E-state index contributed by atoms with van der Waals surface area (Å²) in [5, 5.41) is 20.1. The number of aliphatic hydroxyl groups is 1. The summed E-state index contributed by atoms with van der Waals surface area (Å²) in [6, 6.07) is 1.68. The summed E-state index contributed by atoms with van der Waals surface area (Å²) in [5.41, 5.74) is 0. The maximum Gasteiger partial charge on any atom is 0.328 e. The highest BCUT2D eigenvalue weighted by Gasteiger charge is 2.26. The van der Waals surface area contributed by atoms with Crippen molar-refractivity contribution in [2.45, 2.75) is 26.0 Å². The molecule has 6 nitrogen and oxygen atoms in total. The number of carboxylic acids is 1. The van der Waals surface area contributed by atoms with Crippen LogP contribution >= 0.6 is 0 Å². The number of hydrogen-bond donors (Lipinski definition) is 3. The standard InChI is InChI=1S/C10H13NO5/c1-5-3-4-7(16-5)9(13)11-8(6(2)12)10(14)15/h3-4,6,8,12H,1-2H3,(H,11,13)(H,14,15)/t6-,8+/m1/s1. The molecule has 0 aliphatic rings. The van der Waals surface area contributed by atoms with Gasteiger partial charge in [0, 0.05) is 0 Å². The number of amides is 1. The molecule has 3 N–H and O–H groups in total. The topological polar surface area (TPSA) is 99.8 Å². The first-order valence-corrected chi connectivity index (χ1v) is 4.70. The van der Waals surface area contributed by atoms with E-state index in [2.05, 4.69) is 5.32 Å². The van der Waals surface area contributed by atoms with Crippen LogP contribution in [0.5, 0.6) is 0 Å². The van der Waals surface area contributed by atoms with Crippen molar-refractivity contribution in [3.05, 3.63) is 23.7 Å². The van der Waals surface area contributed by atoms with E-state index in [0.717, 1.165) is 0 Å². The van der Waals surface area contributed by atoms with Crippen molar-refractivity contribution >= 4 is 11.9 Å². The Labute approximate surface area is 91.9 Å². The molecule has 16 heavy (non-hydrogen) atoms. The average molecular weight is 227 g/mol. The van der Waals surface area contributed by atoms with Gasteiger partial charge in [-0.15, -0.1) is 0 Å². The second-order valence-corrected chi connectivity index (χ2v) is 3.44. The zero-order chi connectivity index (χ0) is 12.3. The Hall–Kier alpha value is -1.82. The fourth-order valence-electron chi connectivity index (χ4n) is 1.16. The molecule has 1 aromatic rings. The molecule has 1 amide bonds. The van der Waals surface area contributed by atoms with Crippen molar-refractivity contribution < 1.29 is 24.2 Å². The zero-order valence-electron chi connectivity index (χ0n) is 8.93. The lowest BCUT2D eigenvalue weighted by Crippen LogP contribution is -2.47. The normalized spacial score (nSPS) is 14.2. The zero-order valence-corrected chi connectivity index (χ0v) is 8.93. The van der Waals surface area contributed by atoms with Gasteiger partial charge in [-0.3, -0.25) is 4.79 Å². The Balaban J connectivity index is 2.73. The van der Waals surface area contributed by atoms with Crippen LogP contribution in [-0.2, 0) is 4.79 Å². The number of furan rings is 1. The molecule has 0 radical (unpaired) electrons. The average Bonchev–Trinajstić information content (AvgIpc) is 2.59. The van der Waals surface area contributed by atoms with Crippen molar-refractivity contribution in [1.82, 2.24) is 5.32 Å². The van der Waals surface area contributed by atoms with E-state index in [1.165, 1.54) is 13.0 Å². The third kappa shape index (κ3) is 2.83. The van der Waals surface area contributed by atoms with Crippen molar-refractivity contribution in [3.8, 4) is 0 Å². The molecule has 0 bridgehead atoms. The number of aliphatic carboxylic acids is 1. The number of carbonyl (C=O) groups is 2. The van der Waals surface area contributed by atoms with E-state index in [9.17, 15) is 9.59 Å². The molecule has 1 heterocycles. The molecule has 0 saturated carbocycles.